The number of nitrogens with one attached hydrogen (secondary N) is 1. The molecule has 1 unspecified atom stereocenters. The number of carbonyl (C=O) groups is 3. The lowest BCUT2D eigenvalue weighted by atomic mass is 10.0. The van der Waals surface area contributed by atoms with Crippen LogP contribution < -0.4 is 5.32 Å². The summed E-state index contributed by atoms with van der Waals surface area (Å²) in [6.45, 7) is 1.37. The van der Waals surface area contributed by atoms with Gasteiger partial charge in [0.1, 0.15) is 6.04 Å². The van der Waals surface area contributed by atoms with E-state index in [9.17, 15) is 14.4 Å². The average Bonchev–Trinajstić information content (AvgIpc) is 3.54. The maximum Gasteiger partial charge on any atom is 0.246 e. The molecular weight excluding hydrogens is 454 g/mol. The van der Waals surface area contributed by atoms with Gasteiger partial charge in [0.15, 0.2) is 0 Å². The highest BCUT2D eigenvalue weighted by Gasteiger charge is 2.40. The number of nitrogens with zero attached hydrogens (tertiary/aromatic N) is 2. The first kappa shape index (κ1) is 23.2. The van der Waals surface area contributed by atoms with Crippen LogP contribution in [-0.2, 0) is 33.8 Å². The molecule has 1 saturated heterocycles. The summed E-state index contributed by atoms with van der Waals surface area (Å²) in [6.07, 6.45) is 1.35. The second-order valence-corrected chi connectivity index (χ2v) is 10.1. The summed E-state index contributed by atoms with van der Waals surface area (Å²) in [5.41, 5.74) is 0.990. The fourth-order valence-electron chi connectivity index (χ4n) is 3.95. The third-order valence-electron chi connectivity index (χ3n) is 5.72. The molecule has 2 aromatic heterocycles. The zero-order chi connectivity index (χ0) is 23.0. The first-order chi connectivity index (χ1) is 16.1. The SMILES string of the molecule is O=C(CC1C(=O)N(CCc2cccs2)CC(=O)N1CCc1cccs1)NCc1ccccc1. The van der Waals surface area contributed by atoms with E-state index < -0.39 is 6.04 Å². The first-order valence-electron chi connectivity index (χ1n) is 11.0. The van der Waals surface area contributed by atoms with Crippen molar-refractivity contribution in [1.29, 1.82) is 0 Å². The molecular formula is C25H27N3O3S2. The number of thiophene rings is 2. The topological polar surface area (TPSA) is 69.7 Å². The van der Waals surface area contributed by atoms with Crippen LogP contribution in [0.1, 0.15) is 21.7 Å². The van der Waals surface area contributed by atoms with Gasteiger partial charge >= 0.3 is 0 Å². The second-order valence-electron chi connectivity index (χ2n) is 7.99. The Hall–Kier alpha value is -2.97. The molecule has 3 heterocycles. The second kappa shape index (κ2) is 11.2. The maximum absolute atomic E-state index is 13.4. The Morgan fingerprint density at radius 3 is 2.21 bits per heavy atom. The van der Waals surface area contributed by atoms with Crippen LogP contribution >= 0.6 is 22.7 Å². The third kappa shape index (κ3) is 6.30. The number of carbonyl (C=O) groups excluding carboxylic acids is 3. The summed E-state index contributed by atoms with van der Waals surface area (Å²) in [7, 11) is 0. The Kier molecular flexibility index (Phi) is 7.91. The van der Waals surface area contributed by atoms with Crippen molar-refractivity contribution in [2.75, 3.05) is 19.6 Å². The van der Waals surface area contributed by atoms with Gasteiger partial charge in [-0.1, -0.05) is 42.5 Å². The summed E-state index contributed by atoms with van der Waals surface area (Å²) in [6, 6.07) is 16.9. The van der Waals surface area contributed by atoms with E-state index in [0.29, 0.717) is 32.5 Å². The zero-order valence-corrected chi connectivity index (χ0v) is 19.9. The number of hydrogen-bond donors (Lipinski definition) is 1. The van der Waals surface area contributed by atoms with Gasteiger partial charge in [0, 0.05) is 29.4 Å². The van der Waals surface area contributed by atoms with E-state index >= 15 is 0 Å². The summed E-state index contributed by atoms with van der Waals surface area (Å²) in [5.74, 6) is -0.475. The van der Waals surface area contributed by atoms with Crippen LogP contribution in [0.4, 0.5) is 0 Å². The van der Waals surface area contributed by atoms with Crippen molar-refractivity contribution in [1.82, 2.24) is 15.1 Å². The normalized spacial score (nSPS) is 16.3. The molecule has 0 saturated carbocycles. The average molecular weight is 482 g/mol. The highest BCUT2D eigenvalue weighted by Crippen LogP contribution is 2.20. The van der Waals surface area contributed by atoms with Crippen molar-refractivity contribution >= 4 is 40.4 Å². The minimum absolute atomic E-state index is 0.0304. The molecule has 4 rings (SSSR count). The molecule has 6 nitrogen and oxygen atoms in total. The predicted molar refractivity (Wildman–Crippen MR) is 131 cm³/mol. The van der Waals surface area contributed by atoms with Crippen LogP contribution in [0.15, 0.2) is 65.4 Å². The van der Waals surface area contributed by atoms with Crippen LogP contribution in [0, 0.1) is 0 Å². The number of rotatable bonds is 10. The van der Waals surface area contributed by atoms with Gasteiger partial charge in [-0.15, -0.1) is 22.7 Å². The Balaban J connectivity index is 1.43. The van der Waals surface area contributed by atoms with Crippen LogP contribution in [0.3, 0.4) is 0 Å². The molecule has 0 aliphatic carbocycles. The first-order valence-corrected chi connectivity index (χ1v) is 12.8. The molecule has 0 bridgehead atoms. The van der Waals surface area contributed by atoms with Gasteiger partial charge in [-0.3, -0.25) is 14.4 Å². The minimum Gasteiger partial charge on any atom is -0.352 e. The Morgan fingerprint density at radius 1 is 0.909 bits per heavy atom. The van der Waals surface area contributed by atoms with Crippen LogP contribution in [0.25, 0.3) is 0 Å². The van der Waals surface area contributed by atoms with Crippen molar-refractivity contribution in [3.63, 3.8) is 0 Å². The maximum atomic E-state index is 13.4. The smallest absolute Gasteiger partial charge is 0.246 e. The van der Waals surface area contributed by atoms with E-state index in [-0.39, 0.29) is 30.7 Å². The molecule has 0 spiro atoms. The van der Waals surface area contributed by atoms with Crippen molar-refractivity contribution in [2.45, 2.75) is 31.8 Å². The van der Waals surface area contributed by atoms with Gasteiger partial charge in [0.05, 0.1) is 13.0 Å². The molecule has 1 aliphatic rings. The summed E-state index contributed by atoms with van der Waals surface area (Å²) >= 11 is 3.27. The number of hydrogen-bond acceptors (Lipinski definition) is 5. The van der Waals surface area contributed by atoms with Gasteiger partial charge < -0.3 is 15.1 Å². The van der Waals surface area contributed by atoms with Crippen molar-refractivity contribution in [3.8, 4) is 0 Å². The zero-order valence-electron chi connectivity index (χ0n) is 18.3. The van der Waals surface area contributed by atoms with Crippen molar-refractivity contribution < 1.29 is 14.4 Å². The third-order valence-corrected chi connectivity index (χ3v) is 7.59. The lowest BCUT2D eigenvalue weighted by Crippen LogP contribution is -2.61. The van der Waals surface area contributed by atoms with Crippen LogP contribution in [-0.4, -0.2) is 53.2 Å². The molecule has 0 radical (unpaired) electrons. The lowest BCUT2D eigenvalue weighted by molar-refractivity contribution is -0.157. The fraction of sp³-hybridized carbons (Fsp3) is 0.320. The predicted octanol–water partition coefficient (Wildman–Crippen LogP) is 3.34. The largest absolute Gasteiger partial charge is 0.352 e. The van der Waals surface area contributed by atoms with Crippen molar-refractivity contribution in [2.24, 2.45) is 0 Å². The minimum atomic E-state index is -0.773. The number of piperazine rings is 1. The van der Waals surface area contributed by atoms with E-state index in [1.165, 1.54) is 4.88 Å². The Bertz CT molecular complexity index is 1050. The summed E-state index contributed by atoms with van der Waals surface area (Å²) < 4.78 is 0. The van der Waals surface area contributed by atoms with E-state index in [1.54, 1.807) is 32.5 Å². The number of amides is 3. The van der Waals surface area contributed by atoms with Gasteiger partial charge in [-0.2, -0.15) is 0 Å². The van der Waals surface area contributed by atoms with E-state index in [2.05, 4.69) is 5.32 Å². The summed E-state index contributed by atoms with van der Waals surface area (Å²) in [5, 5.41) is 6.90. The molecule has 1 aromatic carbocycles. The van der Waals surface area contributed by atoms with Gasteiger partial charge in [0.25, 0.3) is 0 Å². The summed E-state index contributed by atoms with van der Waals surface area (Å²) in [4.78, 5) is 44.7. The monoisotopic (exact) mass is 481 g/mol. The molecule has 3 aromatic rings. The molecule has 1 N–H and O–H groups in total. The van der Waals surface area contributed by atoms with Crippen LogP contribution in [0.5, 0.6) is 0 Å². The van der Waals surface area contributed by atoms with E-state index in [0.717, 1.165) is 10.4 Å². The highest BCUT2D eigenvalue weighted by atomic mass is 32.1. The standard InChI is InChI=1S/C25H27N3O3S2/c29-23(26-17-19-6-2-1-3-7-19)16-22-25(31)27(12-10-20-8-4-14-32-20)18-24(30)28(22)13-11-21-9-5-15-33-21/h1-9,14-15,22H,10-13,16-18H2,(H,26,29). The molecule has 33 heavy (non-hydrogen) atoms. The molecule has 8 heteroatoms. The van der Waals surface area contributed by atoms with Gasteiger partial charge in [-0.25, -0.2) is 0 Å². The van der Waals surface area contributed by atoms with Gasteiger partial charge in [-0.05, 0) is 41.3 Å². The highest BCUT2D eigenvalue weighted by molar-refractivity contribution is 7.10. The molecule has 3 amide bonds. The van der Waals surface area contributed by atoms with E-state index in [4.69, 9.17) is 0 Å². The Labute approximate surface area is 201 Å². The molecule has 1 atom stereocenters. The number of benzene rings is 1. The van der Waals surface area contributed by atoms with Crippen molar-refractivity contribution in [3.05, 3.63) is 80.7 Å². The molecule has 172 valence electrons. The quantitative estimate of drug-likeness (QED) is 0.483. The van der Waals surface area contributed by atoms with Crippen LogP contribution in [0.2, 0.25) is 0 Å². The Morgan fingerprint density at radius 2 is 1.58 bits per heavy atom. The fourth-order valence-corrected chi connectivity index (χ4v) is 5.34. The van der Waals surface area contributed by atoms with Gasteiger partial charge in [0.2, 0.25) is 17.7 Å². The molecule has 1 fully saturated rings. The van der Waals surface area contributed by atoms with E-state index in [1.807, 2.05) is 65.4 Å². The molecule has 1 aliphatic heterocycles. The lowest BCUT2D eigenvalue weighted by Gasteiger charge is -2.40.